The van der Waals surface area contributed by atoms with Crippen molar-refractivity contribution < 1.29 is 14.7 Å². The molecule has 1 rings (SSSR count). The molecule has 0 aliphatic rings. The van der Waals surface area contributed by atoms with Gasteiger partial charge in [0, 0.05) is 10.6 Å². The summed E-state index contributed by atoms with van der Waals surface area (Å²) in [5, 5.41) is 8.82. The van der Waals surface area contributed by atoms with Crippen LogP contribution in [0, 0.1) is 0 Å². The molecular formula is C9H5Cl3O3. The number of hydrogen-bond acceptors (Lipinski definition) is 2. The highest BCUT2D eigenvalue weighted by Gasteiger charge is 2.16. The van der Waals surface area contributed by atoms with Crippen LogP contribution >= 0.6 is 34.8 Å². The Balaban J connectivity index is 3.13. The third-order valence-electron chi connectivity index (χ3n) is 1.61. The van der Waals surface area contributed by atoms with Gasteiger partial charge in [-0.25, -0.2) is 0 Å². The molecule has 0 atom stereocenters. The van der Waals surface area contributed by atoms with Crippen LogP contribution in [0.5, 0.6) is 0 Å². The Bertz CT molecular complexity index is 429. The Morgan fingerprint density at radius 1 is 1.20 bits per heavy atom. The van der Waals surface area contributed by atoms with Gasteiger partial charge in [-0.15, -0.1) is 0 Å². The lowest BCUT2D eigenvalue weighted by atomic mass is 10.1. The lowest BCUT2D eigenvalue weighted by Crippen LogP contribution is -2.07. The van der Waals surface area contributed by atoms with E-state index in [0.717, 1.165) is 0 Å². The van der Waals surface area contributed by atoms with Crippen molar-refractivity contribution in [1.82, 2.24) is 0 Å². The summed E-state index contributed by atoms with van der Waals surface area (Å²) in [6.07, 6.45) is -0.642. The van der Waals surface area contributed by atoms with E-state index >= 15 is 0 Å². The smallest absolute Gasteiger partial charge is 0.311 e. The lowest BCUT2D eigenvalue weighted by molar-refractivity contribution is -0.135. The highest BCUT2D eigenvalue weighted by atomic mass is 35.5. The van der Waals surface area contributed by atoms with Gasteiger partial charge in [0.25, 0.3) is 0 Å². The first-order chi connectivity index (χ1) is 6.91. The number of carboxylic acid groups (broad SMARTS) is 1. The SMILES string of the molecule is O=C(O)CC(=O)c1cc(Cl)cc(Cl)c1Cl. The van der Waals surface area contributed by atoms with Crippen LogP contribution in [0.4, 0.5) is 0 Å². The van der Waals surface area contributed by atoms with Crippen molar-refractivity contribution in [3.8, 4) is 0 Å². The maximum absolute atomic E-state index is 11.4. The van der Waals surface area contributed by atoms with Gasteiger partial charge in [-0.05, 0) is 12.1 Å². The number of halogens is 3. The third-order valence-corrected chi connectivity index (χ3v) is 2.63. The van der Waals surface area contributed by atoms with Crippen LogP contribution < -0.4 is 0 Å². The molecular weight excluding hydrogens is 262 g/mol. The number of hydrogen-bond donors (Lipinski definition) is 1. The van der Waals surface area contributed by atoms with Gasteiger partial charge in [-0.2, -0.15) is 0 Å². The summed E-state index contributed by atoms with van der Waals surface area (Å²) in [5.74, 6) is -1.86. The monoisotopic (exact) mass is 266 g/mol. The molecule has 1 aromatic carbocycles. The van der Waals surface area contributed by atoms with Crippen molar-refractivity contribution in [1.29, 1.82) is 0 Å². The Kier molecular flexibility index (Phi) is 3.97. The molecule has 0 radical (unpaired) electrons. The molecule has 1 N–H and O–H groups in total. The van der Waals surface area contributed by atoms with Crippen LogP contribution in [0.3, 0.4) is 0 Å². The van der Waals surface area contributed by atoms with E-state index in [1.165, 1.54) is 12.1 Å². The molecule has 0 fully saturated rings. The quantitative estimate of drug-likeness (QED) is 0.519. The number of benzene rings is 1. The van der Waals surface area contributed by atoms with E-state index in [1.54, 1.807) is 0 Å². The third kappa shape index (κ3) is 3.09. The second-order valence-corrected chi connectivity index (χ2v) is 3.96. The van der Waals surface area contributed by atoms with E-state index in [9.17, 15) is 9.59 Å². The molecule has 6 heteroatoms. The molecule has 0 spiro atoms. The van der Waals surface area contributed by atoms with Gasteiger partial charge >= 0.3 is 5.97 Å². The molecule has 0 bridgehead atoms. The first kappa shape index (κ1) is 12.3. The molecule has 80 valence electrons. The number of aliphatic carboxylic acids is 1. The summed E-state index contributed by atoms with van der Waals surface area (Å²) in [4.78, 5) is 21.7. The Hall–Kier alpha value is -0.770. The number of carbonyl (C=O) groups is 2. The Labute approximate surface area is 101 Å². The number of ketones is 1. The minimum absolute atomic E-state index is 0.0207. The summed E-state index contributed by atoms with van der Waals surface area (Å²) < 4.78 is 0. The molecule has 0 aliphatic carbocycles. The molecule has 0 aliphatic heterocycles. The van der Waals surface area contributed by atoms with Crippen molar-refractivity contribution in [2.75, 3.05) is 0 Å². The van der Waals surface area contributed by atoms with Crippen molar-refractivity contribution >= 4 is 46.6 Å². The molecule has 0 heterocycles. The van der Waals surface area contributed by atoms with Gasteiger partial charge in [-0.3, -0.25) is 9.59 Å². The fourth-order valence-corrected chi connectivity index (χ4v) is 1.70. The summed E-state index contributed by atoms with van der Waals surface area (Å²) in [6, 6.07) is 2.67. The minimum Gasteiger partial charge on any atom is -0.481 e. The standard InChI is InChI=1S/C9H5Cl3O3/c10-4-1-5(7(13)3-8(14)15)9(12)6(11)2-4/h1-2H,3H2,(H,14,15). The predicted octanol–water partition coefficient (Wildman–Crippen LogP) is 3.30. The highest BCUT2D eigenvalue weighted by molar-refractivity contribution is 6.45. The number of carboxylic acids is 1. The summed E-state index contributed by atoms with van der Waals surface area (Å²) >= 11 is 17.1. The van der Waals surface area contributed by atoms with E-state index in [-0.39, 0.29) is 20.6 Å². The maximum Gasteiger partial charge on any atom is 0.311 e. The van der Waals surface area contributed by atoms with Gasteiger partial charge in [0.2, 0.25) is 0 Å². The average molecular weight is 267 g/mol. The van der Waals surface area contributed by atoms with E-state index < -0.39 is 18.2 Å². The first-order valence-corrected chi connectivity index (χ1v) is 4.94. The molecule has 15 heavy (non-hydrogen) atoms. The van der Waals surface area contributed by atoms with Gasteiger partial charge in [0.15, 0.2) is 5.78 Å². The largest absolute Gasteiger partial charge is 0.481 e. The molecule has 1 aromatic rings. The average Bonchev–Trinajstić information content (AvgIpc) is 2.09. The summed E-state index contributed by atoms with van der Waals surface area (Å²) in [6.45, 7) is 0. The fraction of sp³-hybridized carbons (Fsp3) is 0.111. The van der Waals surface area contributed by atoms with Crippen molar-refractivity contribution in [3.63, 3.8) is 0 Å². The van der Waals surface area contributed by atoms with Crippen LogP contribution in [0.15, 0.2) is 12.1 Å². The number of Topliss-reactive ketones (excluding diaryl/α,β-unsaturated/α-hetero) is 1. The van der Waals surface area contributed by atoms with Gasteiger partial charge in [0.1, 0.15) is 6.42 Å². The van der Waals surface area contributed by atoms with Crippen LogP contribution in [0.1, 0.15) is 16.8 Å². The molecule has 3 nitrogen and oxygen atoms in total. The summed E-state index contributed by atoms with van der Waals surface area (Å²) in [5.41, 5.74) is 0.0246. The minimum atomic E-state index is -1.23. The van der Waals surface area contributed by atoms with Gasteiger partial charge in [-0.1, -0.05) is 34.8 Å². The van der Waals surface area contributed by atoms with E-state index in [2.05, 4.69) is 0 Å². The zero-order valence-electron chi connectivity index (χ0n) is 7.26. The molecule has 0 amide bonds. The zero-order valence-corrected chi connectivity index (χ0v) is 9.53. The van der Waals surface area contributed by atoms with Crippen molar-refractivity contribution in [2.24, 2.45) is 0 Å². The zero-order chi connectivity index (χ0) is 11.6. The van der Waals surface area contributed by atoms with Crippen molar-refractivity contribution in [2.45, 2.75) is 6.42 Å². The van der Waals surface area contributed by atoms with Crippen LogP contribution in [-0.2, 0) is 4.79 Å². The predicted molar refractivity (Wildman–Crippen MR) is 58.1 cm³/mol. The normalized spacial score (nSPS) is 10.1. The Morgan fingerprint density at radius 2 is 1.80 bits per heavy atom. The van der Waals surface area contributed by atoms with Gasteiger partial charge in [0.05, 0.1) is 10.0 Å². The molecule has 0 unspecified atom stereocenters. The second-order valence-electron chi connectivity index (χ2n) is 2.74. The Morgan fingerprint density at radius 3 is 2.33 bits per heavy atom. The number of carbonyl (C=O) groups excluding carboxylic acids is 1. The van der Waals surface area contributed by atoms with Gasteiger partial charge < -0.3 is 5.11 Å². The van der Waals surface area contributed by atoms with Crippen LogP contribution in [0.2, 0.25) is 15.1 Å². The van der Waals surface area contributed by atoms with Crippen molar-refractivity contribution in [3.05, 3.63) is 32.8 Å². The van der Waals surface area contributed by atoms with E-state index in [1.807, 2.05) is 0 Å². The molecule has 0 saturated carbocycles. The lowest BCUT2D eigenvalue weighted by Gasteiger charge is -2.04. The van der Waals surface area contributed by atoms with E-state index in [4.69, 9.17) is 39.9 Å². The fourth-order valence-electron chi connectivity index (χ4n) is 0.991. The van der Waals surface area contributed by atoms with E-state index in [0.29, 0.717) is 0 Å². The van der Waals surface area contributed by atoms with Crippen LogP contribution in [0.25, 0.3) is 0 Å². The molecule has 0 aromatic heterocycles. The number of rotatable bonds is 3. The highest BCUT2D eigenvalue weighted by Crippen LogP contribution is 2.30. The first-order valence-electron chi connectivity index (χ1n) is 3.81. The van der Waals surface area contributed by atoms with Crippen LogP contribution in [-0.4, -0.2) is 16.9 Å². The summed E-state index contributed by atoms with van der Waals surface area (Å²) in [7, 11) is 0. The second kappa shape index (κ2) is 4.84. The topological polar surface area (TPSA) is 54.4 Å². The molecule has 0 saturated heterocycles. The maximum atomic E-state index is 11.4.